The number of nitrogens with one attached hydrogen (secondary N) is 1. The van der Waals surface area contributed by atoms with Gasteiger partial charge in [0.05, 0.1) is 12.7 Å². The Kier molecular flexibility index (Phi) is 4.76. The third kappa shape index (κ3) is 3.22. The van der Waals surface area contributed by atoms with Crippen LogP contribution < -0.4 is 10.1 Å². The Morgan fingerprint density at radius 2 is 2.12 bits per heavy atom. The first kappa shape index (κ1) is 12.5. The van der Waals surface area contributed by atoms with E-state index in [0.717, 1.165) is 12.8 Å². The standard InChI is InChI=1S/C12H18N2O2/c1-4-10(5-2)14-12(15)9-6-7-11(16-3)13-8-9/h6-8,10H,4-5H2,1-3H3,(H,14,15). The van der Waals surface area contributed by atoms with E-state index in [0.29, 0.717) is 11.4 Å². The maximum Gasteiger partial charge on any atom is 0.253 e. The van der Waals surface area contributed by atoms with Crippen LogP contribution in [0, 0.1) is 0 Å². The van der Waals surface area contributed by atoms with Crippen molar-refractivity contribution in [3.8, 4) is 5.88 Å². The first-order valence-electron chi connectivity index (χ1n) is 5.52. The molecule has 0 aliphatic heterocycles. The van der Waals surface area contributed by atoms with Gasteiger partial charge in [-0.15, -0.1) is 0 Å². The van der Waals surface area contributed by atoms with Gasteiger partial charge < -0.3 is 10.1 Å². The number of hydrogen-bond acceptors (Lipinski definition) is 3. The van der Waals surface area contributed by atoms with Crippen LogP contribution in [0.1, 0.15) is 37.0 Å². The van der Waals surface area contributed by atoms with Gasteiger partial charge in [-0.3, -0.25) is 4.79 Å². The van der Waals surface area contributed by atoms with E-state index in [1.807, 2.05) is 0 Å². The molecule has 0 spiro atoms. The van der Waals surface area contributed by atoms with Gasteiger partial charge in [-0.1, -0.05) is 13.8 Å². The first-order chi connectivity index (χ1) is 7.71. The number of hydrogen-bond donors (Lipinski definition) is 1. The average Bonchev–Trinajstić information content (AvgIpc) is 2.35. The van der Waals surface area contributed by atoms with Crippen LogP contribution in [0.4, 0.5) is 0 Å². The Labute approximate surface area is 96.0 Å². The maximum atomic E-state index is 11.8. The fourth-order valence-corrected chi connectivity index (χ4v) is 1.40. The number of pyridine rings is 1. The maximum absolute atomic E-state index is 11.8. The van der Waals surface area contributed by atoms with Gasteiger partial charge in [0.1, 0.15) is 0 Å². The minimum absolute atomic E-state index is 0.0798. The first-order valence-corrected chi connectivity index (χ1v) is 5.52. The summed E-state index contributed by atoms with van der Waals surface area (Å²) in [5.74, 6) is 0.433. The molecule has 0 aliphatic carbocycles. The highest BCUT2D eigenvalue weighted by atomic mass is 16.5. The third-order valence-corrected chi connectivity index (χ3v) is 2.53. The Bertz CT molecular complexity index is 331. The Morgan fingerprint density at radius 1 is 1.44 bits per heavy atom. The second-order valence-electron chi connectivity index (χ2n) is 3.58. The molecule has 1 rings (SSSR count). The average molecular weight is 222 g/mol. The summed E-state index contributed by atoms with van der Waals surface area (Å²) in [5.41, 5.74) is 0.563. The normalized spacial score (nSPS) is 10.2. The molecule has 4 heteroatoms. The monoisotopic (exact) mass is 222 g/mol. The largest absolute Gasteiger partial charge is 0.481 e. The lowest BCUT2D eigenvalue weighted by molar-refractivity contribution is 0.0934. The van der Waals surface area contributed by atoms with Gasteiger partial charge in [-0.25, -0.2) is 4.98 Å². The molecule has 0 fully saturated rings. The number of carbonyl (C=O) groups excluding carboxylic acids is 1. The van der Waals surface area contributed by atoms with Gasteiger partial charge in [0.15, 0.2) is 0 Å². The summed E-state index contributed by atoms with van der Waals surface area (Å²) in [4.78, 5) is 15.8. The van der Waals surface area contributed by atoms with Crippen molar-refractivity contribution >= 4 is 5.91 Å². The van der Waals surface area contributed by atoms with E-state index in [9.17, 15) is 4.79 Å². The van der Waals surface area contributed by atoms with E-state index in [4.69, 9.17) is 4.74 Å². The van der Waals surface area contributed by atoms with Crippen LogP contribution in [0.15, 0.2) is 18.3 Å². The molecule has 0 saturated heterocycles. The number of rotatable bonds is 5. The van der Waals surface area contributed by atoms with E-state index >= 15 is 0 Å². The molecule has 1 aromatic rings. The minimum atomic E-state index is -0.0798. The SMILES string of the molecule is CCC(CC)NC(=O)c1ccc(OC)nc1. The second-order valence-corrected chi connectivity index (χ2v) is 3.58. The second kappa shape index (κ2) is 6.10. The smallest absolute Gasteiger partial charge is 0.253 e. The zero-order chi connectivity index (χ0) is 12.0. The zero-order valence-corrected chi connectivity index (χ0v) is 9.99. The fraction of sp³-hybridized carbons (Fsp3) is 0.500. The summed E-state index contributed by atoms with van der Waals surface area (Å²) in [6.07, 6.45) is 3.40. The van der Waals surface area contributed by atoms with Crippen LogP contribution in [0.3, 0.4) is 0 Å². The Hall–Kier alpha value is -1.58. The lowest BCUT2D eigenvalue weighted by Gasteiger charge is -2.14. The van der Waals surface area contributed by atoms with Crippen LogP contribution in [-0.2, 0) is 0 Å². The predicted molar refractivity (Wildman–Crippen MR) is 62.6 cm³/mol. The van der Waals surface area contributed by atoms with Crippen molar-refractivity contribution in [2.75, 3.05) is 7.11 Å². The van der Waals surface area contributed by atoms with Gasteiger partial charge in [0, 0.05) is 18.3 Å². The van der Waals surface area contributed by atoms with Crippen molar-refractivity contribution in [1.29, 1.82) is 0 Å². The summed E-state index contributed by atoms with van der Waals surface area (Å²) in [7, 11) is 1.55. The molecule has 0 saturated carbocycles. The Morgan fingerprint density at radius 3 is 2.56 bits per heavy atom. The summed E-state index contributed by atoms with van der Waals surface area (Å²) in [6, 6.07) is 3.63. The lowest BCUT2D eigenvalue weighted by Crippen LogP contribution is -2.33. The number of carbonyl (C=O) groups is 1. The number of nitrogens with zero attached hydrogens (tertiary/aromatic N) is 1. The van der Waals surface area contributed by atoms with E-state index in [2.05, 4.69) is 24.1 Å². The highest BCUT2D eigenvalue weighted by molar-refractivity contribution is 5.94. The van der Waals surface area contributed by atoms with Gasteiger partial charge in [-0.2, -0.15) is 0 Å². The van der Waals surface area contributed by atoms with Crippen molar-refractivity contribution < 1.29 is 9.53 Å². The van der Waals surface area contributed by atoms with Crippen LogP contribution >= 0.6 is 0 Å². The molecule has 88 valence electrons. The number of aromatic nitrogens is 1. The van der Waals surface area contributed by atoms with Crippen LogP contribution in [0.25, 0.3) is 0 Å². The molecule has 1 aromatic heterocycles. The topological polar surface area (TPSA) is 51.2 Å². The third-order valence-electron chi connectivity index (χ3n) is 2.53. The van der Waals surface area contributed by atoms with Gasteiger partial charge >= 0.3 is 0 Å². The highest BCUT2D eigenvalue weighted by Crippen LogP contribution is 2.07. The molecule has 0 bridgehead atoms. The summed E-state index contributed by atoms with van der Waals surface area (Å²) in [6.45, 7) is 4.11. The van der Waals surface area contributed by atoms with Crippen molar-refractivity contribution in [3.63, 3.8) is 0 Å². The van der Waals surface area contributed by atoms with E-state index in [-0.39, 0.29) is 11.9 Å². The zero-order valence-electron chi connectivity index (χ0n) is 9.99. The summed E-state index contributed by atoms with van der Waals surface area (Å²) < 4.78 is 4.93. The molecule has 0 radical (unpaired) electrons. The van der Waals surface area contributed by atoms with Crippen molar-refractivity contribution in [2.24, 2.45) is 0 Å². The molecule has 1 N–H and O–H groups in total. The van der Waals surface area contributed by atoms with E-state index in [1.165, 1.54) is 6.20 Å². The van der Waals surface area contributed by atoms with Gasteiger partial charge in [0.2, 0.25) is 5.88 Å². The molecular weight excluding hydrogens is 204 g/mol. The molecule has 0 unspecified atom stereocenters. The summed E-state index contributed by atoms with van der Waals surface area (Å²) in [5, 5.41) is 2.95. The Balaban J connectivity index is 2.65. The van der Waals surface area contributed by atoms with E-state index < -0.39 is 0 Å². The van der Waals surface area contributed by atoms with Crippen molar-refractivity contribution in [1.82, 2.24) is 10.3 Å². The number of methoxy groups -OCH3 is 1. The molecular formula is C12H18N2O2. The van der Waals surface area contributed by atoms with Crippen LogP contribution in [0.2, 0.25) is 0 Å². The predicted octanol–water partition coefficient (Wildman–Crippen LogP) is 2.01. The molecule has 0 aromatic carbocycles. The molecule has 0 aliphatic rings. The van der Waals surface area contributed by atoms with Crippen molar-refractivity contribution in [2.45, 2.75) is 32.7 Å². The minimum Gasteiger partial charge on any atom is -0.481 e. The number of ether oxygens (including phenoxy) is 1. The molecule has 1 heterocycles. The van der Waals surface area contributed by atoms with Crippen molar-refractivity contribution in [3.05, 3.63) is 23.9 Å². The van der Waals surface area contributed by atoms with Crippen LogP contribution in [-0.4, -0.2) is 24.0 Å². The number of amides is 1. The quantitative estimate of drug-likeness (QED) is 0.829. The molecule has 4 nitrogen and oxygen atoms in total. The lowest BCUT2D eigenvalue weighted by atomic mass is 10.1. The highest BCUT2D eigenvalue weighted by Gasteiger charge is 2.10. The van der Waals surface area contributed by atoms with Crippen LogP contribution in [0.5, 0.6) is 5.88 Å². The van der Waals surface area contributed by atoms with Gasteiger partial charge in [0.25, 0.3) is 5.91 Å². The van der Waals surface area contributed by atoms with Gasteiger partial charge in [-0.05, 0) is 18.9 Å². The fourth-order valence-electron chi connectivity index (χ4n) is 1.40. The molecule has 16 heavy (non-hydrogen) atoms. The van der Waals surface area contributed by atoms with E-state index in [1.54, 1.807) is 19.2 Å². The molecule has 1 amide bonds. The summed E-state index contributed by atoms with van der Waals surface area (Å²) >= 11 is 0. The molecule has 0 atom stereocenters.